The van der Waals surface area contributed by atoms with Crippen LogP contribution in [0.15, 0.2) is 11.6 Å². The van der Waals surface area contributed by atoms with E-state index in [0.717, 1.165) is 0 Å². The maximum absolute atomic E-state index is 12.2. The molecule has 0 bridgehead atoms. The summed E-state index contributed by atoms with van der Waals surface area (Å²) in [5, 5.41) is 36.8. The Morgan fingerprint density at radius 1 is 1.47 bits per heavy atom. The van der Waals surface area contributed by atoms with Gasteiger partial charge in [0.2, 0.25) is 0 Å². The van der Waals surface area contributed by atoms with Gasteiger partial charge in [-0.05, 0) is 17.5 Å². The summed E-state index contributed by atoms with van der Waals surface area (Å²) in [5.74, 6) is 0. The van der Waals surface area contributed by atoms with Crippen LogP contribution in [0.3, 0.4) is 0 Å². The Balaban J connectivity index is 2.62. The molecule has 0 radical (unpaired) electrons. The van der Waals surface area contributed by atoms with Crippen LogP contribution in [0.25, 0.3) is 0 Å². The topological polar surface area (TPSA) is 112 Å². The lowest BCUT2D eigenvalue weighted by molar-refractivity contribution is -0.340. The first-order chi connectivity index (χ1) is 9.04. The fourth-order valence-electron chi connectivity index (χ4n) is 1.61. The number of hydrogen-bond acceptors (Lipinski definition) is 7. The first-order valence-electron chi connectivity index (χ1n) is 5.63. The molecular formula is C11H16FNO6. The number of ether oxygens (including phenoxy) is 2. The number of hydrogen-bond donors (Lipinski definition) is 3. The van der Waals surface area contributed by atoms with Gasteiger partial charge >= 0.3 is 0 Å². The summed E-state index contributed by atoms with van der Waals surface area (Å²) in [6.07, 6.45) is -5.57. The predicted molar refractivity (Wildman–Crippen MR) is 59.1 cm³/mol. The lowest BCUT2D eigenvalue weighted by Gasteiger charge is -2.39. The van der Waals surface area contributed by atoms with Crippen LogP contribution in [-0.2, 0) is 14.4 Å². The molecule has 1 saturated heterocycles. The number of rotatable bonds is 5. The number of nitrogens with zero attached hydrogens (tertiary/aromatic N) is 1. The van der Waals surface area contributed by atoms with Crippen molar-refractivity contribution in [2.24, 2.45) is 0 Å². The van der Waals surface area contributed by atoms with E-state index < -0.39 is 37.3 Å². The second-order valence-corrected chi connectivity index (χ2v) is 4.09. The third-order valence-corrected chi connectivity index (χ3v) is 2.75. The highest BCUT2D eigenvalue weighted by atomic mass is 19.3. The molecule has 1 aliphatic rings. The van der Waals surface area contributed by atoms with Gasteiger partial charge in [-0.15, -0.1) is 0 Å². The van der Waals surface area contributed by atoms with Crippen molar-refractivity contribution in [3.63, 3.8) is 0 Å². The van der Waals surface area contributed by atoms with Crippen molar-refractivity contribution in [1.82, 2.24) is 0 Å². The molecular weight excluding hydrogens is 261 g/mol. The minimum Gasteiger partial charge on any atom is -0.394 e. The van der Waals surface area contributed by atoms with Gasteiger partial charge < -0.3 is 24.8 Å². The van der Waals surface area contributed by atoms with E-state index in [1.165, 1.54) is 6.08 Å². The average Bonchev–Trinajstić information content (AvgIpc) is 2.42. The molecule has 7 nitrogen and oxygen atoms in total. The standard InChI is InChI=1S/C11H16FNO6/c1-6(4-13)2-3-17-11-9(16)8(15)10(19-12)7(5-14)18-11/h2,7-11,14-16H,3,5H2,1H3/b6-2-. The Morgan fingerprint density at radius 2 is 2.16 bits per heavy atom. The van der Waals surface area contributed by atoms with E-state index in [9.17, 15) is 14.7 Å². The van der Waals surface area contributed by atoms with Gasteiger partial charge in [-0.3, -0.25) is 0 Å². The van der Waals surface area contributed by atoms with Crippen molar-refractivity contribution in [3.8, 4) is 6.07 Å². The normalized spacial score (nSPS) is 36.0. The van der Waals surface area contributed by atoms with E-state index in [4.69, 9.17) is 19.8 Å². The van der Waals surface area contributed by atoms with Crippen molar-refractivity contribution in [3.05, 3.63) is 11.6 Å². The largest absolute Gasteiger partial charge is 0.394 e. The fourth-order valence-corrected chi connectivity index (χ4v) is 1.61. The minimum absolute atomic E-state index is 0.0346. The molecule has 0 spiro atoms. The van der Waals surface area contributed by atoms with Gasteiger partial charge in [-0.2, -0.15) is 10.2 Å². The molecule has 5 unspecified atom stereocenters. The van der Waals surface area contributed by atoms with Crippen LogP contribution in [0.1, 0.15) is 6.92 Å². The van der Waals surface area contributed by atoms with Crippen molar-refractivity contribution in [2.75, 3.05) is 13.2 Å². The summed E-state index contributed by atoms with van der Waals surface area (Å²) >= 11 is 0. The molecule has 0 aromatic heterocycles. The van der Waals surface area contributed by atoms with Gasteiger partial charge in [0, 0.05) is 5.57 Å². The van der Waals surface area contributed by atoms with Crippen molar-refractivity contribution >= 4 is 0 Å². The molecule has 1 aliphatic heterocycles. The molecule has 0 aromatic carbocycles. The SMILES string of the molecule is C/C(C#N)=C/COC1OC(CO)C(OF)C(O)C1O. The third kappa shape index (κ3) is 3.94. The Hall–Kier alpha value is -1.08. The molecule has 108 valence electrons. The lowest BCUT2D eigenvalue weighted by Crippen LogP contribution is -2.59. The summed E-state index contributed by atoms with van der Waals surface area (Å²) in [5.41, 5.74) is 0.412. The quantitative estimate of drug-likeness (QED) is 0.563. The molecule has 0 amide bonds. The first-order valence-corrected chi connectivity index (χ1v) is 5.63. The lowest BCUT2D eigenvalue weighted by atomic mass is 9.99. The molecule has 19 heavy (non-hydrogen) atoms. The van der Waals surface area contributed by atoms with Crippen LogP contribution in [0.2, 0.25) is 0 Å². The second kappa shape index (κ2) is 7.49. The molecule has 8 heteroatoms. The van der Waals surface area contributed by atoms with Crippen molar-refractivity contribution in [2.45, 2.75) is 37.6 Å². The molecule has 1 fully saturated rings. The molecule has 5 atom stereocenters. The zero-order valence-corrected chi connectivity index (χ0v) is 10.3. The van der Waals surface area contributed by atoms with Gasteiger partial charge in [0.05, 0.1) is 19.3 Å². The number of nitriles is 1. The van der Waals surface area contributed by atoms with Gasteiger partial charge in [0.1, 0.15) is 18.3 Å². The van der Waals surface area contributed by atoms with Gasteiger partial charge in [0.25, 0.3) is 0 Å². The summed E-state index contributed by atoms with van der Waals surface area (Å²) in [6, 6.07) is 1.88. The molecule has 3 N–H and O–H groups in total. The predicted octanol–water partition coefficient (Wildman–Crippen LogP) is -0.818. The van der Waals surface area contributed by atoms with Crippen molar-refractivity contribution < 1.29 is 34.3 Å². The Morgan fingerprint density at radius 3 is 2.68 bits per heavy atom. The van der Waals surface area contributed by atoms with E-state index in [1.807, 2.05) is 6.07 Å². The van der Waals surface area contributed by atoms with Crippen LogP contribution in [0, 0.1) is 11.3 Å². The highest BCUT2D eigenvalue weighted by Crippen LogP contribution is 2.24. The average molecular weight is 277 g/mol. The Bertz CT molecular complexity index is 356. The maximum atomic E-state index is 12.2. The van der Waals surface area contributed by atoms with Crippen LogP contribution in [0.5, 0.6) is 0 Å². The minimum atomic E-state index is -1.60. The van der Waals surface area contributed by atoms with E-state index in [2.05, 4.69) is 4.94 Å². The number of allylic oxidation sites excluding steroid dienone is 1. The number of aliphatic hydroxyl groups excluding tert-OH is 3. The highest BCUT2D eigenvalue weighted by molar-refractivity contribution is 5.17. The van der Waals surface area contributed by atoms with E-state index in [1.54, 1.807) is 6.92 Å². The number of aliphatic hydroxyl groups is 3. The van der Waals surface area contributed by atoms with Crippen LogP contribution >= 0.6 is 0 Å². The fraction of sp³-hybridized carbons (Fsp3) is 0.727. The Kier molecular flexibility index (Phi) is 6.30. The smallest absolute Gasteiger partial charge is 0.187 e. The number of halogens is 1. The van der Waals surface area contributed by atoms with Crippen LogP contribution < -0.4 is 0 Å². The van der Waals surface area contributed by atoms with Crippen LogP contribution in [0.4, 0.5) is 4.53 Å². The summed E-state index contributed by atoms with van der Waals surface area (Å²) < 4.78 is 22.4. The molecule has 0 saturated carbocycles. The molecule has 0 aromatic rings. The van der Waals surface area contributed by atoms with E-state index >= 15 is 0 Å². The van der Waals surface area contributed by atoms with Gasteiger partial charge in [-0.1, -0.05) is 0 Å². The summed E-state index contributed by atoms with van der Waals surface area (Å²) in [4.78, 5) is 3.48. The maximum Gasteiger partial charge on any atom is 0.187 e. The highest BCUT2D eigenvalue weighted by Gasteiger charge is 2.46. The van der Waals surface area contributed by atoms with E-state index in [-0.39, 0.29) is 6.61 Å². The summed E-state index contributed by atoms with van der Waals surface area (Å²) in [6.45, 7) is 0.929. The molecule has 1 rings (SSSR count). The zero-order valence-electron chi connectivity index (χ0n) is 10.3. The monoisotopic (exact) mass is 277 g/mol. The molecule has 1 heterocycles. The van der Waals surface area contributed by atoms with Gasteiger partial charge in [0.15, 0.2) is 12.4 Å². The zero-order chi connectivity index (χ0) is 14.4. The first kappa shape index (κ1) is 16.0. The van der Waals surface area contributed by atoms with Crippen molar-refractivity contribution in [1.29, 1.82) is 5.26 Å². The molecule has 0 aliphatic carbocycles. The van der Waals surface area contributed by atoms with Gasteiger partial charge in [-0.25, -0.2) is 0 Å². The third-order valence-electron chi connectivity index (χ3n) is 2.75. The Labute approximate surface area is 109 Å². The van der Waals surface area contributed by atoms with E-state index in [0.29, 0.717) is 5.57 Å². The van der Waals surface area contributed by atoms with Crippen LogP contribution in [-0.4, -0.2) is 59.2 Å². The second-order valence-electron chi connectivity index (χ2n) is 4.09. The summed E-state index contributed by atoms with van der Waals surface area (Å²) in [7, 11) is 0.